The first kappa shape index (κ1) is 8.43. The first-order valence-electron chi connectivity index (χ1n) is 2.90. The fraction of sp³-hybridized carbons (Fsp3) is 0.833. The Morgan fingerprint density at radius 2 is 2.11 bits per heavy atom. The van der Waals surface area contributed by atoms with Gasteiger partial charge in [-0.05, 0) is 20.8 Å². The van der Waals surface area contributed by atoms with Gasteiger partial charge in [0.05, 0.1) is 0 Å². The van der Waals surface area contributed by atoms with Gasteiger partial charge < -0.3 is 11.1 Å². The number of hydrogen-bond acceptors (Lipinski definition) is 2. The van der Waals surface area contributed by atoms with E-state index >= 15 is 0 Å². The maximum atomic E-state index is 9.83. The van der Waals surface area contributed by atoms with Crippen molar-refractivity contribution in [3.05, 3.63) is 0 Å². The number of nitrogens with two attached hydrogens (primary N) is 1. The Bertz CT molecular complexity index is 99.2. The molecular weight excluding hydrogens is 116 g/mol. The second-order valence-corrected chi connectivity index (χ2v) is 2.74. The summed E-state index contributed by atoms with van der Waals surface area (Å²) in [5.41, 5.74) is 5.17. The molecule has 0 aromatic heterocycles. The van der Waals surface area contributed by atoms with Crippen LogP contribution < -0.4 is 11.1 Å². The predicted octanol–water partition coefficient (Wildman–Crippen LogP) is -0.231. The van der Waals surface area contributed by atoms with Crippen molar-refractivity contribution in [2.75, 3.05) is 0 Å². The molecule has 0 aromatic carbocycles. The molecule has 53 valence electrons. The van der Waals surface area contributed by atoms with Gasteiger partial charge in [-0.2, -0.15) is 0 Å². The van der Waals surface area contributed by atoms with Crippen LogP contribution in [0.3, 0.4) is 0 Å². The zero-order chi connectivity index (χ0) is 7.49. The lowest BCUT2D eigenvalue weighted by molar-refractivity contribution is 0.375. The van der Waals surface area contributed by atoms with E-state index in [1.54, 1.807) is 6.41 Å². The van der Waals surface area contributed by atoms with Crippen molar-refractivity contribution < 1.29 is 4.79 Å². The van der Waals surface area contributed by atoms with Gasteiger partial charge in [0.15, 0.2) is 0 Å². The molecule has 1 radical (unpaired) electrons. The van der Waals surface area contributed by atoms with Crippen LogP contribution in [0.15, 0.2) is 0 Å². The van der Waals surface area contributed by atoms with Crippen LogP contribution in [0.25, 0.3) is 0 Å². The largest absolute Gasteiger partial charge is 0.341 e. The summed E-state index contributed by atoms with van der Waals surface area (Å²) in [6.07, 6.45) is 1.61. The lowest BCUT2D eigenvalue weighted by Gasteiger charge is -2.27. The van der Waals surface area contributed by atoms with Gasteiger partial charge >= 0.3 is 6.41 Å². The van der Waals surface area contributed by atoms with E-state index in [0.717, 1.165) is 0 Å². The molecule has 3 heteroatoms. The standard InChI is InChI=1S/C6H13N2O/c1-5(7)6(2,3)8-4-9/h5H,7H2,1-3H3,(H,8,9). The van der Waals surface area contributed by atoms with Crippen LogP contribution in [0.1, 0.15) is 20.8 Å². The Kier molecular flexibility index (Phi) is 2.65. The molecule has 0 aliphatic rings. The van der Waals surface area contributed by atoms with E-state index < -0.39 is 0 Å². The summed E-state index contributed by atoms with van der Waals surface area (Å²) in [4.78, 5) is 9.83. The Balaban J connectivity index is 3.84. The molecule has 0 aliphatic carbocycles. The van der Waals surface area contributed by atoms with Crippen LogP contribution in [-0.2, 0) is 4.79 Å². The first-order valence-corrected chi connectivity index (χ1v) is 2.90. The molecule has 1 unspecified atom stereocenters. The zero-order valence-electron chi connectivity index (χ0n) is 6.06. The molecular formula is C6H13N2O. The number of carbonyl (C=O) groups excluding carboxylic acids is 1. The lowest BCUT2D eigenvalue weighted by Crippen LogP contribution is -2.51. The van der Waals surface area contributed by atoms with Crippen LogP contribution in [0.2, 0.25) is 0 Å². The van der Waals surface area contributed by atoms with E-state index in [4.69, 9.17) is 5.73 Å². The fourth-order valence-electron chi connectivity index (χ4n) is 0.245. The third-order valence-electron chi connectivity index (χ3n) is 1.51. The third-order valence-corrected chi connectivity index (χ3v) is 1.51. The van der Waals surface area contributed by atoms with E-state index in [2.05, 4.69) is 5.32 Å². The quantitative estimate of drug-likeness (QED) is 0.517. The summed E-state index contributed by atoms with van der Waals surface area (Å²) >= 11 is 0. The monoisotopic (exact) mass is 129 g/mol. The highest BCUT2D eigenvalue weighted by molar-refractivity contribution is 5.48. The van der Waals surface area contributed by atoms with Crippen molar-refractivity contribution in [2.24, 2.45) is 5.73 Å². The molecule has 0 spiro atoms. The summed E-state index contributed by atoms with van der Waals surface area (Å²) in [7, 11) is 0. The minimum Gasteiger partial charge on any atom is -0.341 e. The van der Waals surface area contributed by atoms with Gasteiger partial charge in [-0.1, -0.05) is 0 Å². The second-order valence-electron chi connectivity index (χ2n) is 2.74. The van der Waals surface area contributed by atoms with Crippen LogP contribution >= 0.6 is 0 Å². The van der Waals surface area contributed by atoms with Gasteiger partial charge in [-0.25, -0.2) is 0 Å². The normalized spacial score (nSPS) is 14.7. The average molecular weight is 129 g/mol. The Hall–Kier alpha value is -0.570. The predicted molar refractivity (Wildman–Crippen MR) is 36.6 cm³/mol. The van der Waals surface area contributed by atoms with Gasteiger partial charge in [0.2, 0.25) is 0 Å². The summed E-state index contributed by atoms with van der Waals surface area (Å²) in [5, 5.41) is 2.49. The highest BCUT2D eigenvalue weighted by atomic mass is 16.1. The van der Waals surface area contributed by atoms with Crippen molar-refractivity contribution in [2.45, 2.75) is 32.4 Å². The van der Waals surface area contributed by atoms with Crippen molar-refractivity contribution in [1.82, 2.24) is 5.32 Å². The molecule has 0 aliphatic heterocycles. The zero-order valence-corrected chi connectivity index (χ0v) is 6.06. The highest BCUT2D eigenvalue weighted by Crippen LogP contribution is 2.03. The fourth-order valence-corrected chi connectivity index (χ4v) is 0.245. The molecule has 0 aromatic rings. The maximum absolute atomic E-state index is 9.83. The summed E-state index contributed by atoms with van der Waals surface area (Å²) < 4.78 is 0. The van der Waals surface area contributed by atoms with Gasteiger partial charge in [0, 0.05) is 11.6 Å². The number of nitrogens with one attached hydrogen (secondary N) is 1. The van der Waals surface area contributed by atoms with Crippen LogP contribution in [-0.4, -0.2) is 18.0 Å². The van der Waals surface area contributed by atoms with E-state index in [-0.39, 0.29) is 11.6 Å². The molecule has 0 heterocycles. The number of hydrogen-bond donors (Lipinski definition) is 2. The molecule has 3 N–H and O–H groups in total. The minimum atomic E-state index is -0.345. The Labute approximate surface area is 55.6 Å². The molecule has 9 heavy (non-hydrogen) atoms. The van der Waals surface area contributed by atoms with E-state index in [9.17, 15) is 4.79 Å². The molecule has 0 saturated carbocycles. The van der Waals surface area contributed by atoms with Gasteiger partial charge in [0.25, 0.3) is 0 Å². The average Bonchev–Trinajstić information content (AvgIpc) is 1.65. The highest BCUT2D eigenvalue weighted by Gasteiger charge is 2.21. The molecule has 0 fully saturated rings. The Morgan fingerprint density at radius 1 is 1.67 bits per heavy atom. The van der Waals surface area contributed by atoms with Gasteiger partial charge in [-0.3, -0.25) is 4.79 Å². The van der Waals surface area contributed by atoms with Crippen LogP contribution in [0, 0.1) is 0 Å². The Morgan fingerprint density at radius 3 is 2.22 bits per heavy atom. The number of rotatable bonds is 3. The van der Waals surface area contributed by atoms with Crippen molar-refractivity contribution >= 4 is 6.41 Å². The van der Waals surface area contributed by atoms with Crippen LogP contribution in [0.4, 0.5) is 0 Å². The van der Waals surface area contributed by atoms with E-state index in [1.165, 1.54) is 0 Å². The topological polar surface area (TPSA) is 55.1 Å². The maximum Gasteiger partial charge on any atom is 0.309 e. The first-order chi connectivity index (χ1) is 4.00. The smallest absolute Gasteiger partial charge is 0.309 e. The van der Waals surface area contributed by atoms with E-state index in [1.807, 2.05) is 20.8 Å². The number of amides is 1. The third kappa shape index (κ3) is 2.46. The molecule has 1 amide bonds. The molecule has 1 atom stereocenters. The lowest BCUT2D eigenvalue weighted by atomic mass is 9.98. The molecule has 0 saturated heterocycles. The van der Waals surface area contributed by atoms with Crippen molar-refractivity contribution in [3.8, 4) is 0 Å². The summed E-state index contributed by atoms with van der Waals surface area (Å²) in [6.45, 7) is 5.54. The van der Waals surface area contributed by atoms with Gasteiger partial charge in [-0.15, -0.1) is 0 Å². The molecule has 0 rings (SSSR count). The molecule has 0 bridgehead atoms. The van der Waals surface area contributed by atoms with Gasteiger partial charge in [0.1, 0.15) is 0 Å². The van der Waals surface area contributed by atoms with Crippen LogP contribution in [0.5, 0.6) is 0 Å². The summed E-state index contributed by atoms with van der Waals surface area (Å²) in [6, 6.07) is -0.0565. The van der Waals surface area contributed by atoms with E-state index in [0.29, 0.717) is 0 Å². The van der Waals surface area contributed by atoms with Crippen molar-refractivity contribution in [1.29, 1.82) is 0 Å². The molecule has 3 nitrogen and oxygen atoms in total. The second kappa shape index (κ2) is 2.82. The minimum absolute atomic E-state index is 0.0565. The van der Waals surface area contributed by atoms with Crippen molar-refractivity contribution in [3.63, 3.8) is 0 Å². The SMILES string of the molecule is CC(N)C(C)(C)N[C]=O. The summed E-state index contributed by atoms with van der Waals surface area (Å²) in [5.74, 6) is 0.